The predicted molar refractivity (Wildman–Crippen MR) is 146 cm³/mol. The van der Waals surface area contributed by atoms with Gasteiger partial charge in [-0.25, -0.2) is 19.3 Å². The third kappa shape index (κ3) is 5.18. The molecule has 12 nitrogen and oxygen atoms in total. The summed E-state index contributed by atoms with van der Waals surface area (Å²) in [5, 5.41) is 17.2. The number of hydrogen-bond acceptors (Lipinski definition) is 9. The van der Waals surface area contributed by atoms with Crippen molar-refractivity contribution in [2.24, 2.45) is 4.99 Å². The summed E-state index contributed by atoms with van der Waals surface area (Å²) in [6, 6.07) is -1.93. The molecule has 0 spiro atoms. The van der Waals surface area contributed by atoms with Gasteiger partial charge in [-0.3, -0.25) is 19.5 Å². The van der Waals surface area contributed by atoms with E-state index in [0.717, 1.165) is 16.4 Å². The SMILES string of the molecule is CC1=C(C(=O)O)N2C(=O)C(NC(=O)CC3=C(NC(=O)N4CCNC4=O)C(=NC4SCCS4)CC=C3)[C@@H]2SC1. The minimum Gasteiger partial charge on any atom is -0.477 e. The van der Waals surface area contributed by atoms with Gasteiger partial charge in [0.05, 0.1) is 17.8 Å². The Bertz CT molecular complexity index is 1220. The Hall–Kier alpha value is -2.91. The number of allylic oxidation sites excluding steroid dienone is 3. The number of β-lactam (4-membered cyclic amide) rings is 1. The van der Waals surface area contributed by atoms with E-state index in [-0.39, 0.29) is 23.4 Å². The maximum atomic E-state index is 13.1. The molecule has 3 saturated heterocycles. The molecule has 6 amide bonds. The highest BCUT2D eigenvalue weighted by Gasteiger charge is 2.53. The van der Waals surface area contributed by atoms with Gasteiger partial charge in [0.2, 0.25) is 5.91 Å². The molecule has 15 heteroatoms. The van der Waals surface area contributed by atoms with Gasteiger partial charge in [0.25, 0.3) is 5.91 Å². The minimum absolute atomic E-state index is 0.0181. The van der Waals surface area contributed by atoms with E-state index >= 15 is 0 Å². The molecule has 202 valence electrons. The first-order valence-corrected chi connectivity index (χ1v) is 15.1. The summed E-state index contributed by atoms with van der Waals surface area (Å²) < 4.78 is -0.0181. The van der Waals surface area contributed by atoms with Crippen molar-refractivity contribution in [2.45, 2.75) is 35.9 Å². The molecule has 4 N–H and O–H groups in total. The summed E-state index contributed by atoms with van der Waals surface area (Å²) in [5.41, 5.74) is 2.10. The second-order valence-electron chi connectivity index (χ2n) is 9.01. The molecule has 38 heavy (non-hydrogen) atoms. The zero-order chi connectivity index (χ0) is 27.0. The lowest BCUT2D eigenvalue weighted by Crippen LogP contribution is -2.70. The van der Waals surface area contributed by atoms with E-state index in [4.69, 9.17) is 4.99 Å². The Balaban J connectivity index is 1.33. The van der Waals surface area contributed by atoms with Crippen LogP contribution >= 0.6 is 35.3 Å². The van der Waals surface area contributed by atoms with Crippen LogP contribution in [0.5, 0.6) is 0 Å². The first-order valence-electron chi connectivity index (χ1n) is 12.0. The van der Waals surface area contributed by atoms with Crippen LogP contribution in [0, 0.1) is 0 Å². The third-order valence-electron chi connectivity index (χ3n) is 6.47. The van der Waals surface area contributed by atoms with Crippen LogP contribution < -0.4 is 16.0 Å². The first kappa shape index (κ1) is 26.7. The normalized spacial score (nSPS) is 26.5. The Morgan fingerprint density at radius 1 is 1.21 bits per heavy atom. The van der Waals surface area contributed by atoms with Gasteiger partial charge in [0.1, 0.15) is 21.8 Å². The Morgan fingerprint density at radius 2 is 1.97 bits per heavy atom. The van der Waals surface area contributed by atoms with E-state index in [0.29, 0.717) is 41.3 Å². The number of carboxylic acid groups (broad SMARTS) is 1. The number of amides is 6. The van der Waals surface area contributed by atoms with Crippen molar-refractivity contribution in [3.63, 3.8) is 0 Å². The minimum atomic E-state index is -1.17. The lowest BCUT2D eigenvalue weighted by atomic mass is 9.97. The van der Waals surface area contributed by atoms with E-state index in [9.17, 15) is 29.1 Å². The van der Waals surface area contributed by atoms with Crippen LogP contribution in [0.3, 0.4) is 0 Å². The molecule has 0 aromatic heterocycles. The molecule has 4 aliphatic heterocycles. The van der Waals surface area contributed by atoms with E-state index < -0.39 is 41.3 Å². The summed E-state index contributed by atoms with van der Waals surface area (Å²) in [7, 11) is 0. The van der Waals surface area contributed by atoms with Gasteiger partial charge in [-0.1, -0.05) is 12.2 Å². The number of imide groups is 1. The molecule has 0 bridgehead atoms. The standard InChI is InChI=1S/C23H26N6O6S3/c1-11-10-38-19-16(18(31)29(19)17(11)20(32)33)26-14(30)9-12-3-2-4-13(25-23-36-7-8-37-23)15(12)27-22(35)28-6-5-24-21(28)34/h2-3,16,19,23H,4-10H2,1H3,(H,24,34)(H,26,30)(H,27,35)(H,32,33)/t16?,19-/m0/s1. The highest BCUT2D eigenvalue weighted by atomic mass is 32.2. The molecule has 1 aliphatic carbocycles. The molecule has 0 saturated carbocycles. The van der Waals surface area contributed by atoms with Crippen LogP contribution in [-0.2, 0) is 14.4 Å². The second kappa shape index (κ2) is 11.1. The highest BCUT2D eigenvalue weighted by molar-refractivity contribution is 8.20. The van der Waals surface area contributed by atoms with Crippen LogP contribution in [0.4, 0.5) is 9.59 Å². The average Bonchev–Trinajstić information content (AvgIpc) is 3.55. The number of rotatable bonds is 6. The lowest BCUT2D eigenvalue weighted by molar-refractivity contribution is -0.150. The molecule has 3 fully saturated rings. The van der Waals surface area contributed by atoms with Crippen LogP contribution in [0.15, 0.2) is 39.7 Å². The number of thioether (sulfide) groups is 3. The molecule has 4 heterocycles. The number of carbonyl (C=O) groups excluding carboxylic acids is 4. The Labute approximate surface area is 231 Å². The Morgan fingerprint density at radius 3 is 2.66 bits per heavy atom. The summed E-state index contributed by atoms with van der Waals surface area (Å²) in [5.74, 6) is 0.324. The van der Waals surface area contributed by atoms with Crippen molar-refractivity contribution < 1.29 is 29.1 Å². The second-order valence-corrected chi connectivity index (χ2v) is 12.8. The van der Waals surface area contributed by atoms with Crippen LogP contribution in [0.25, 0.3) is 0 Å². The molecule has 5 rings (SSSR count). The molecule has 0 radical (unpaired) electrons. The van der Waals surface area contributed by atoms with Gasteiger partial charge in [-0.2, -0.15) is 0 Å². The number of aliphatic carboxylic acids is 1. The lowest BCUT2D eigenvalue weighted by Gasteiger charge is -2.49. The number of nitrogens with zero attached hydrogens (tertiary/aromatic N) is 3. The highest BCUT2D eigenvalue weighted by Crippen LogP contribution is 2.40. The Kier molecular flexibility index (Phi) is 7.77. The average molecular weight is 579 g/mol. The number of urea groups is 2. The number of fused-ring (bicyclic) bond motifs is 1. The molecule has 0 aromatic rings. The zero-order valence-electron chi connectivity index (χ0n) is 20.4. The molecule has 5 aliphatic rings. The van der Waals surface area contributed by atoms with Crippen molar-refractivity contribution in [3.05, 3.63) is 34.7 Å². The number of aliphatic imine (C=N–C) groups is 1. The van der Waals surface area contributed by atoms with Gasteiger partial charge in [-0.15, -0.1) is 35.3 Å². The summed E-state index contributed by atoms with van der Waals surface area (Å²) in [6.45, 7) is 2.27. The number of carbonyl (C=O) groups is 5. The van der Waals surface area contributed by atoms with Gasteiger partial charge in [0, 0.05) is 36.8 Å². The zero-order valence-corrected chi connectivity index (χ0v) is 22.8. The summed E-state index contributed by atoms with van der Waals surface area (Å²) in [4.78, 5) is 69.5. The molecule has 0 aromatic carbocycles. The smallest absolute Gasteiger partial charge is 0.352 e. The predicted octanol–water partition coefficient (Wildman–Crippen LogP) is 1.29. The van der Waals surface area contributed by atoms with Crippen molar-refractivity contribution in [1.29, 1.82) is 0 Å². The maximum Gasteiger partial charge on any atom is 0.352 e. The largest absolute Gasteiger partial charge is 0.477 e. The van der Waals surface area contributed by atoms with Gasteiger partial charge in [-0.05, 0) is 18.1 Å². The van der Waals surface area contributed by atoms with E-state index in [2.05, 4.69) is 16.0 Å². The molecular weight excluding hydrogens is 552 g/mol. The van der Waals surface area contributed by atoms with E-state index in [1.807, 2.05) is 6.08 Å². The maximum absolute atomic E-state index is 13.1. The number of carboxylic acids is 1. The van der Waals surface area contributed by atoms with Gasteiger partial charge >= 0.3 is 18.0 Å². The van der Waals surface area contributed by atoms with Crippen LogP contribution in [0.2, 0.25) is 0 Å². The third-order valence-corrected chi connectivity index (χ3v) is 10.6. The number of hydrogen-bond donors (Lipinski definition) is 4. The first-order chi connectivity index (χ1) is 18.2. The van der Waals surface area contributed by atoms with Crippen molar-refractivity contribution in [1.82, 2.24) is 25.8 Å². The monoisotopic (exact) mass is 578 g/mol. The van der Waals surface area contributed by atoms with Crippen LogP contribution in [-0.4, -0.2) is 96.9 Å². The molecule has 2 atom stereocenters. The number of nitrogens with one attached hydrogen (secondary N) is 3. The van der Waals surface area contributed by atoms with Crippen LogP contribution in [0.1, 0.15) is 19.8 Å². The van der Waals surface area contributed by atoms with Crippen molar-refractivity contribution >= 4 is 70.8 Å². The van der Waals surface area contributed by atoms with Gasteiger partial charge in [0.15, 0.2) is 0 Å². The molecular formula is C23H26N6O6S3. The summed E-state index contributed by atoms with van der Waals surface area (Å²) in [6.07, 6.45) is 3.93. The fourth-order valence-electron chi connectivity index (χ4n) is 4.66. The van der Waals surface area contributed by atoms with E-state index in [1.165, 1.54) is 16.7 Å². The summed E-state index contributed by atoms with van der Waals surface area (Å²) >= 11 is 4.81. The topological polar surface area (TPSA) is 161 Å². The fourth-order valence-corrected chi connectivity index (χ4v) is 8.49. The fraction of sp³-hybridized carbons (Fsp3) is 0.478. The van der Waals surface area contributed by atoms with E-state index in [1.54, 1.807) is 36.5 Å². The van der Waals surface area contributed by atoms with Gasteiger partial charge < -0.3 is 21.1 Å². The van der Waals surface area contributed by atoms with Crippen molar-refractivity contribution in [3.8, 4) is 0 Å². The molecule has 1 unspecified atom stereocenters. The van der Waals surface area contributed by atoms with Crippen molar-refractivity contribution in [2.75, 3.05) is 30.3 Å². The quantitative estimate of drug-likeness (QED) is 0.341.